The van der Waals surface area contributed by atoms with Crippen molar-refractivity contribution in [2.24, 2.45) is 0 Å². The van der Waals surface area contributed by atoms with Crippen LogP contribution in [0.25, 0.3) is 11.3 Å². The third-order valence-electron chi connectivity index (χ3n) is 3.38. The normalized spacial score (nSPS) is 10.3. The van der Waals surface area contributed by atoms with Crippen molar-refractivity contribution in [2.75, 3.05) is 0 Å². The van der Waals surface area contributed by atoms with Crippen LogP contribution in [-0.4, -0.2) is 15.9 Å². The number of carbonyl (C=O) groups is 1. The van der Waals surface area contributed by atoms with Gasteiger partial charge in [-0.15, -0.1) is 0 Å². The van der Waals surface area contributed by atoms with Crippen LogP contribution in [0.5, 0.6) is 0 Å². The number of amides is 1. The first-order chi connectivity index (χ1) is 11.3. The van der Waals surface area contributed by atoms with Crippen LogP contribution >= 0.6 is 11.6 Å². The molecule has 0 aliphatic rings. The Morgan fingerprint density at radius 3 is 2.65 bits per heavy atom. The Morgan fingerprint density at radius 2 is 1.87 bits per heavy atom. The lowest BCUT2D eigenvalue weighted by Gasteiger charge is -2.10. The van der Waals surface area contributed by atoms with Crippen molar-refractivity contribution in [3.63, 3.8) is 0 Å². The monoisotopic (exact) mass is 323 g/mol. The average Bonchev–Trinajstić information content (AvgIpc) is 2.61. The number of rotatable bonds is 4. The zero-order valence-electron chi connectivity index (χ0n) is 12.2. The molecule has 0 saturated carbocycles. The van der Waals surface area contributed by atoms with E-state index in [4.69, 9.17) is 11.6 Å². The molecular formula is C18H14ClN3O. The van der Waals surface area contributed by atoms with E-state index in [1.165, 1.54) is 0 Å². The lowest BCUT2D eigenvalue weighted by Crippen LogP contribution is -2.23. The first-order valence-electron chi connectivity index (χ1n) is 7.13. The van der Waals surface area contributed by atoms with Gasteiger partial charge in [0.15, 0.2) is 0 Å². The van der Waals surface area contributed by atoms with Gasteiger partial charge in [0.05, 0.1) is 16.3 Å². The SMILES string of the molecule is O=C(NCc1cccnc1-c1cccnc1)c1ccccc1Cl. The topological polar surface area (TPSA) is 54.9 Å². The highest BCUT2D eigenvalue weighted by molar-refractivity contribution is 6.33. The van der Waals surface area contributed by atoms with Crippen molar-refractivity contribution in [3.8, 4) is 11.3 Å². The predicted octanol–water partition coefficient (Wildman–Crippen LogP) is 3.73. The first kappa shape index (κ1) is 15.2. The van der Waals surface area contributed by atoms with Crippen LogP contribution in [0.2, 0.25) is 5.02 Å². The van der Waals surface area contributed by atoms with Crippen LogP contribution in [0.4, 0.5) is 0 Å². The Hall–Kier alpha value is -2.72. The minimum absolute atomic E-state index is 0.211. The molecule has 3 rings (SSSR count). The summed E-state index contributed by atoms with van der Waals surface area (Å²) < 4.78 is 0. The average molecular weight is 324 g/mol. The molecule has 0 bridgehead atoms. The molecule has 5 heteroatoms. The molecule has 4 nitrogen and oxygen atoms in total. The van der Waals surface area contributed by atoms with E-state index in [1.807, 2.05) is 24.3 Å². The van der Waals surface area contributed by atoms with E-state index in [1.54, 1.807) is 42.9 Å². The molecule has 0 fully saturated rings. The van der Waals surface area contributed by atoms with Crippen LogP contribution < -0.4 is 5.32 Å². The van der Waals surface area contributed by atoms with E-state index in [2.05, 4.69) is 15.3 Å². The Bertz CT molecular complexity index is 821. The summed E-state index contributed by atoms with van der Waals surface area (Å²) in [6, 6.07) is 14.5. The van der Waals surface area contributed by atoms with Gasteiger partial charge < -0.3 is 5.32 Å². The van der Waals surface area contributed by atoms with Crippen molar-refractivity contribution in [1.82, 2.24) is 15.3 Å². The number of hydrogen-bond acceptors (Lipinski definition) is 3. The molecule has 1 aromatic carbocycles. The van der Waals surface area contributed by atoms with Crippen LogP contribution in [0.1, 0.15) is 15.9 Å². The number of halogens is 1. The largest absolute Gasteiger partial charge is 0.348 e. The minimum Gasteiger partial charge on any atom is -0.348 e. The molecule has 0 aliphatic carbocycles. The molecular weight excluding hydrogens is 310 g/mol. The van der Waals surface area contributed by atoms with E-state index >= 15 is 0 Å². The van der Waals surface area contributed by atoms with Gasteiger partial charge >= 0.3 is 0 Å². The number of aromatic nitrogens is 2. The fourth-order valence-corrected chi connectivity index (χ4v) is 2.48. The number of benzene rings is 1. The number of carbonyl (C=O) groups excluding carboxylic acids is 1. The molecule has 0 radical (unpaired) electrons. The highest BCUT2D eigenvalue weighted by Gasteiger charge is 2.11. The molecule has 0 saturated heterocycles. The Morgan fingerprint density at radius 1 is 1.04 bits per heavy atom. The number of hydrogen-bond donors (Lipinski definition) is 1. The van der Waals surface area contributed by atoms with Gasteiger partial charge in [-0.3, -0.25) is 14.8 Å². The number of pyridine rings is 2. The lowest BCUT2D eigenvalue weighted by atomic mass is 10.1. The van der Waals surface area contributed by atoms with Crippen molar-refractivity contribution < 1.29 is 4.79 Å². The number of nitrogens with zero attached hydrogens (tertiary/aromatic N) is 2. The standard InChI is InChI=1S/C18H14ClN3O/c19-16-8-2-1-7-15(16)18(23)22-12-14-6-4-10-21-17(14)13-5-3-9-20-11-13/h1-11H,12H2,(H,22,23). The molecule has 114 valence electrons. The third-order valence-corrected chi connectivity index (χ3v) is 3.71. The van der Waals surface area contributed by atoms with Gasteiger partial charge in [-0.25, -0.2) is 0 Å². The van der Waals surface area contributed by atoms with Crippen molar-refractivity contribution in [1.29, 1.82) is 0 Å². The smallest absolute Gasteiger partial charge is 0.253 e. The quantitative estimate of drug-likeness (QED) is 0.796. The van der Waals surface area contributed by atoms with E-state index in [-0.39, 0.29) is 5.91 Å². The van der Waals surface area contributed by atoms with Gasteiger partial charge in [0.25, 0.3) is 5.91 Å². The van der Waals surface area contributed by atoms with Gasteiger partial charge in [0, 0.05) is 30.7 Å². The van der Waals surface area contributed by atoms with Crippen LogP contribution in [-0.2, 0) is 6.54 Å². The lowest BCUT2D eigenvalue weighted by molar-refractivity contribution is 0.0951. The van der Waals surface area contributed by atoms with Crippen molar-refractivity contribution >= 4 is 17.5 Å². The molecule has 2 aromatic heterocycles. The first-order valence-corrected chi connectivity index (χ1v) is 7.50. The summed E-state index contributed by atoms with van der Waals surface area (Å²) in [5.41, 5.74) is 3.09. The molecule has 0 unspecified atom stereocenters. The highest BCUT2D eigenvalue weighted by Crippen LogP contribution is 2.20. The fourth-order valence-electron chi connectivity index (χ4n) is 2.26. The summed E-state index contributed by atoms with van der Waals surface area (Å²) >= 11 is 6.05. The summed E-state index contributed by atoms with van der Waals surface area (Å²) in [7, 11) is 0. The zero-order chi connectivity index (χ0) is 16.1. The third kappa shape index (κ3) is 3.55. The second-order valence-corrected chi connectivity index (χ2v) is 5.32. The van der Waals surface area contributed by atoms with Gasteiger partial charge in [-0.2, -0.15) is 0 Å². The van der Waals surface area contributed by atoms with E-state index < -0.39 is 0 Å². The van der Waals surface area contributed by atoms with Crippen LogP contribution in [0.3, 0.4) is 0 Å². The second-order valence-electron chi connectivity index (χ2n) is 4.92. The van der Waals surface area contributed by atoms with Gasteiger partial charge in [-0.1, -0.05) is 29.8 Å². The molecule has 1 amide bonds. The fraction of sp³-hybridized carbons (Fsp3) is 0.0556. The Balaban J connectivity index is 1.79. The summed E-state index contributed by atoms with van der Waals surface area (Å²) in [4.78, 5) is 20.8. The van der Waals surface area contributed by atoms with Crippen molar-refractivity contribution in [2.45, 2.75) is 6.54 Å². The second kappa shape index (κ2) is 7.03. The van der Waals surface area contributed by atoms with E-state index in [9.17, 15) is 4.79 Å². The summed E-state index contributed by atoms with van der Waals surface area (Å²) in [5, 5.41) is 3.32. The predicted molar refractivity (Wildman–Crippen MR) is 90.1 cm³/mol. The molecule has 0 spiro atoms. The molecule has 0 aliphatic heterocycles. The zero-order valence-corrected chi connectivity index (χ0v) is 13.0. The van der Waals surface area contributed by atoms with Gasteiger partial charge in [0.2, 0.25) is 0 Å². The van der Waals surface area contributed by atoms with Gasteiger partial charge in [-0.05, 0) is 35.9 Å². The Labute approximate surface area is 139 Å². The maximum atomic E-state index is 12.3. The molecule has 23 heavy (non-hydrogen) atoms. The molecule has 2 heterocycles. The van der Waals surface area contributed by atoms with Gasteiger partial charge in [0.1, 0.15) is 0 Å². The molecule has 1 N–H and O–H groups in total. The Kier molecular flexibility index (Phi) is 4.64. The van der Waals surface area contributed by atoms with Crippen LogP contribution in [0, 0.1) is 0 Å². The summed E-state index contributed by atoms with van der Waals surface area (Å²) in [6.45, 7) is 0.363. The number of nitrogens with one attached hydrogen (secondary N) is 1. The maximum absolute atomic E-state index is 12.3. The molecule has 0 atom stereocenters. The maximum Gasteiger partial charge on any atom is 0.253 e. The van der Waals surface area contributed by atoms with Crippen molar-refractivity contribution in [3.05, 3.63) is 83.3 Å². The van der Waals surface area contributed by atoms with E-state index in [0.717, 1.165) is 16.8 Å². The summed E-state index contributed by atoms with van der Waals surface area (Å²) in [6.07, 6.45) is 5.19. The van der Waals surface area contributed by atoms with E-state index in [0.29, 0.717) is 17.1 Å². The van der Waals surface area contributed by atoms with Crippen LogP contribution in [0.15, 0.2) is 67.1 Å². The minimum atomic E-state index is -0.211. The summed E-state index contributed by atoms with van der Waals surface area (Å²) in [5.74, 6) is -0.211. The molecule has 3 aromatic rings. The highest BCUT2D eigenvalue weighted by atomic mass is 35.5.